The van der Waals surface area contributed by atoms with Gasteiger partial charge < -0.3 is 19.3 Å². The second kappa shape index (κ2) is 11.7. The minimum Gasteiger partial charge on any atom is -0.494 e. The van der Waals surface area contributed by atoms with Gasteiger partial charge in [-0.25, -0.2) is 0 Å². The van der Waals surface area contributed by atoms with Gasteiger partial charge in [0.05, 0.1) is 18.1 Å². The van der Waals surface area contributed by atoms with Gasteiger partial charge in [0.1, 0.15) is 17.3 Å². The zero-order valence-electron chi connectivity index (χ0n) is 16.9. The number of carbonyl (C=O) groups is 3. The van der Waals surface area contributed by atoms with Crippen molar-refractivity contribution in [2.45, 2.75) is 26.9 Å². The van der Waals surface area contributed by atoms with Crippen LogP contribution >= 0.6 is 11.8 Å². The van der Waals surface area contributed by atoms with E-state index in [1.807, 2.05) is 6.92 Å². The number of ether oxygens (including phenoxy) is 2. The van der Waals surface area contributed by atoms with Crippen molar-refractivity contribution in [2.24, 2.45) is 0 Å². The lowest BCUT2D eigenvalue weighted by Gasteiger charge is -2.15. The number of nitrogens with zero attached hydrogens (tertiary/aromatic N) is 1. The van der Waals surface area contributed by atoms with Crippen molar-refractivity contribution in [3.63, 3.8) is 0 Å². The summed E-state index contributed by atoms with van der Waals surface area (Å²) in [5.74, 6) is 0.845. The van der Waals surface area contributed by atoms with E-state index in [0.717, 1.165) is 11.8 Å². The molecule has 30 heavy (non-hydrogen) atoms. The van der Waals surface area contributed by atoms with Crippen molar-refractivity contribution in [1.82, 2.24) is 16.0 Å². The number of nitrogens with one attached hydrogen (secondary N) is 3. The predicted octanol–water partition coefficient (Wildman–Crippen LogP) is 1.67. The fourth-order valence-electron chi connectivity index (χ4n) is 2.15. The van der Waals surface area contributed by atoms with E-state index >= 15 is 0 Å². The maximum absolute atomic E-state index is 12.0. The second-order valence-electron chi connectivity index (χ2n) is 6.07. The van der Waals surface area contributed by atoms with Crippen LogP contribution in [0.1, 0.15) is 19.6 Å². The molecule has 1 aromatic carbocycles. The van der Waals surface area contributed by atoms with E-state index in [9.17, 15) is 14.4 Å². The van der Waals surface area contributed by atoms with Crippen LogP contribution in [0.5, 0.6) is 11.5 Å². The molecule has 11 heteroatoms. The van der Waals surface area contributed by atoms with Crippen LogP contribution in [0, 0.1) is 6.92 Å². The Labute approximate surface area is 178 Å². The van der Waals surface area contributed by atoms with Gasteiger partial charge in [-0.2, -0.15) is 0 Å². The van der Waals surface area contributed by atoms with Crippen LogP contribution in [0.3, 0.4) is 0 Å². The number of aromatic nitrogens is 1. The molecule has 1 unspecified atom stereocenters. The molecule has 0 spiro atoms. The Morgan fingerprint density at radius 1 is 1.10 bits per heavy atom. The smallest absolute Gasteiger partial charge is 0.279 e. The summed E-state index contributed by atoms with van der Waals surface area (Å²) in [5.41, 5.74) is 4.57. The molecule has 1 atom stereocenters. The van der Waals surface area contributed by atoms with E-state index in [1.54, 1.807) is 44.2 Å². The van der Waals surface area contributed by atoms with Crippen LogP contribution in [-0.2, 0) is 14.4 Å². The molecule has 162 valence electrons. The van der Waals surface area contributed by atoms with Crippen molar-refractivity contribution in [3.8, 4) is 11.5 Å². The molecule has 0 saturated heterocycles. The third kappa shape index (κ3) is 8.03. The van der Waals surface area contributed by atoms with Crippen molar-refractivity contribution < 1.29 is 28.4 Å². The highest BCUT2D eigenvalue weighted by molar-refractivity contribution is 8.00. The number of benzene rings is 1. The van der Waals surface area contributed by atoms with Gasteiger partial charge in [-0.3, -0.25) is 25.2 Å². The number of hydrogen-bond donors (Lipinski definition) is 3. The lowest BCUT2D eigenvalue weighted by molar-refractivity contribution is -0.131. The molecule has 3 N–H and O–H groups in total. The van der Waals surface area contributed by atoms with Crippen molar-refractivity contribution >= 4 is 35.3 Å². The summed E-state index contributed by atoms with van der Waals surface area (Å²) in [5, 5.41) is 6.19. The number of carbonyl (C=O) groups excluding carboxylic acids is 3. The molecule has 3 amide bonds. The van der Waals surface area contributed by atoms with E-state index < -0.39 is 17.9 Å². The monoisotopic (exact) mass is 436 g/mol. The molecule has 10 nitrogen and oxygen atoms in total. The van der Waals surface area contributed by atoms with Crippen LogP contribution in [0.15, 0.2) is 34.9 Å². The second-order valence-corrected chi connectivity index (χ2v) is 7.05. The zero-order valence-corrected chi connectivity index (χ0v) is 17.7. The summed E-state index contributed by atoms with van der Waals surface area (Å²) < 4.78 is 15.7. The SMILES string of the molecule is CCOc1ccc(OC(C)C(=O)NNC(=O)CSCC(=O)Nc2cc(C)on2)cc1. The highest BCUT2D eigenvalue weighted by Crippen LogP contribution is 2.18. The summed E-state index contributed by atoms with van der Waals surface area (Å²) in [6.07, 6.45) is -0.826. The summed E-state index contributed by atoms with van der Waals surface area (Å²) in [6.45, 7) is 5.71. The van der Waals surface area contributed by atoms with Crippen LogP contribution in [0.2, 0.25) is 0 Å². The van der Waals surface area contributed by atoms with E-state index in [1.165, 1.54) is 0 Å². The fraction of sp³-hybridized carbons (Fsp3) is 0.368. The normalized spacial score (nSPS) is 11.3. The van der Waals surface area contributed by atoms with Gasteiger partial charge in [0.15, 0.2) is 11.9 Å². The lowest BCUT2D eigenvalue weighted by atomic mass is 10.3. The minimum absolute atomic E-state index is 0.0142. The van der Waals surface area contributed by atoms with E-state index in [-0.39, 0.29) is 17.4 Å². The minimum atomic E-state index is -0.826. The van der Waals surface area contributed by atoms with Crippen LogP contribution in [-0.4, -0.2) is 47.1 Å². The topological polar surface area (TPSA) is 132 Å². The number of aryl methyl sites for hydroxylation is 1. The van der Waals surface area contributed by atoms with Gasteiger partial charge in [-0.15, -0.1) is 11.8 Å². The Bertz CT molecular complexity index is 855. The van der Waals surface area contributed by atoms with Crippen molar-refractivity contribution in [2.75, 3.05) is 23.4 Å². The van der Waals surface area contributed by atoms with Crippen LogP contribution in [0.4, 0.5) is 5.82 Å². The molecule has 0 radical (unpaired) electrons. The van der Waals surface area contributed by atoms with Crippen LogP contribution < -0.4 is 25.6 Å². The largest absolute Gasteiger partial charge is 0.494 e. The zero-order chi connectivity index (χ0) is 21.9. The first-order valence-corrected chi connectivity index (χ1v) is 10.3. The quantitative estimate of drug-likeness (QED) is 0.479. The number of anilines is 1. The number of hydrogen-bond acceptors (Lipinski definition) is 8. The third-order valence-corrected chi connectivity index (χ3v) is 4.44. The van der Waals surface area contributed by atoms with E-state index in [0.29, 0.717) is 29.7 Å². The standard InChI is InChI=1S/C19H24N4O6S/c1-4-27-14-5-7-15(8-6-14)28-13(3)19(26)22-21-18(25)11-30-10-17(24)20-16-9-12(2)29-23-16/h5-9,13H,4,10-11H2,1-3H3,(H,21,25)(H,22,26)(H,20,23,24). The molecule has 0 aliphatic rings. The van der Waals surface area contributed by atoms with E-state index in [4.69, 9.17) is 14.0 Å². The van der Waals surface area contributed by atoms with E-state index in [2.05, 4.69) is 21.3 Å². The molecule has 0 bridgehead atoms. The van der Waals surface area contributed by atoms with Crippen molar-refractivity contribution in [3.05, 3.63) is 36.1 Å². The summed E-state index contributed by atoms with van der Waals surface area (Å²) in [7, 11) is 0. The predicted molar refractivity (Wildman–Crippen MR) is 111 cm³/mol. The van der Waals surface area contributed by atoms with Gasteiger partial charge in [0.25, 0.3) is 5.91 Å². The molecular formula is C19H24N4O6S. The fourth-order valence-corrected chi connectivity index (χ4v) is 2.77. The molecule has 0 aliphatic heterocycles. The molecule has 0 saturated carbocycles. The first-order valence-electron chi connectivity index (χ1n) is 9.16. The van der Waals surface area contributed by atoms with Gasteiger partial charge in [-0.1, -0.05) is 5.16 Å². The van der Waals surface area contributed by atoms with Gasteiger partial charge >= 0.3 is 0 Å². The Balaban J connectivity index is 1.63. The molecular weight excluding hydrogens is 412 g/mol. The Kier molecular flexibility index (Phi) is 9.01. The van der Waals surface area contributed by atoms with Gasteiger partial charge in [0.2, 0.25) is 11.8 Å². The molecule has 2 rings (SSSR count). The Hall–Kier alpha value is -3.21. The number of rotatable bonds is 10. The third-order valence-electron chi connectivity index (χ3n) is 3.50. The summed E-state index contributed by atoms with van der Waals surface area (Å²) in [4.78, 5) is 35.6. The van der Waals surface area contributed by atoms with Gasteiger partial charge in [-0.05, 0) is 45.0 Å². The molecule has 1 heterocycles. The average molecular weight is 436 g/mol. The molecule has 0 aliphatic carbocycles. The number of thioether (sulfide) groups is 1. The van der Waals surface area contributed by atoms with Crippen LogP contribution in [0.25, 0.3) is 0 Å². The highest BCUT2D eigenvalue weighted by atomic mass is 32.2. The molecule has 2 aromatic rings. The summed E-state index contributed by atoms with van der Waals surface area (Å²) in [6, 6.07) is 8.44. The number of hydrazine groups is 1. The van der Waals surface area contributed by atoms with Crippen molar-refractivity contribution in [1.29, 1.82) is 0 Å². The first kappa shape index (κ1) is 23.1. The maximum Gasteiger partial charge on any atom is 0.279 e. The lowest BCUT2D eigenvalue weighted by Crippen LogP contribution is -2.47. The maximum atomic E-state index is 12.0. The summed E-state index contributed by atoms with van der Waals surface area (Å²) >= 11 is 1.09. The Morgan fingerprint density at radius 3 is 2.40 bits per heavy atom. The first-order chi connectivity index (χ1) is 14.4. The average Bonchev–Trinajstić information content (AvgIpc) is 3.12. The van der Waals surface area contributed by atoms with Gasteiger partial charge in [0, 0.05) is 6.07 Å². The Morgan fingerprint density at radius 2 is 1.77 bits per heavy atom. The highest BCUT2D eigenvalue weighted by Gasteiger charge is 2.16. The molecule has 1 aromatic heterocycles. The molecule has 0 fully saturated rings. The number of amides is 3.